The van der Waals surface area contributed by atoms with Crippen LogP contribution in [0.25, 0.3) is 0 Å². The van der Waals surface area contributed by atoms with Crippen LogP contribution in [0.2, 0.25) is 0 Å². The summed E-state index contributed by atoms with van der Waals surface area (Å²) in [6, 6.07) is 5.59. The smallest absolute Gasteiger partial charge is 0.253 e. The van der Waals surface area contributed by atoms with Gasteiger partial charge in [-0.2, -0.15) is 0 Å². The van der Waals surface area contributed by atoms with Gasteiger partial charge in [0.25, 0.3) is 11.8 Å². The number of hydrogen-bond acceptors (Lipinski definition) is 3. The van der Waals surface area contributed by atoms with Crippen molar-refractivity contribution >= 4 is 11.8 Å². The Morgan fingerprint density at radius 2 is 1.85 bits per heavy atom. The molecule has 1 saturated carbocycles. The molecule has 1 spiro atoms. The molecule has 0 bridgehead atoms. The average Bonchev–Trinajstić information content (AvgIpc) is 3.12. The van der Waals surface area contributed by atoms with Crippen molar-refractivity contribution in [3.63, 3.8) is 0 Å². The number of hydrogen-bond donors (Lipinski definition) is 1. The van der Waals surface area contributed by atoms with Crippen molar-refractivity contribution < 1.29 is 9.59 Å². The number of nitrogens with zero attached hydrogens (tertiary/aromatic N) is 3. The van der Waals surface area contributed by atoms with Crippen LogP contribution >= 0.6 is 0 Å². The quantitative estimate of drug-likeness (QED) is 0.921. The summed E-state index contributed by atoms with van der Waals surface area (Å²) in [4.78, 5) is 30.9. The Hall–Kier alpha value is -2.63. The van der Waals surface area contributed by atoms with Gasteiger partial charge in [0, 0.05) is 56.5 Å². The molecular weight excluding hydrogens is 328 g/mol. The van der Waals surface area contributed by atoms with Crippen molar-refractivity contribution in [1.82, 2.24) is 19.8 Å². The van der Waals surface area contributed by atoms with E-state index >= 15 is 0 Å². The Morgan fingerprint density at radius 3 is 2.42 bits per heavy atom. The molecule has 1 unspecified atom stereocenters. The largest absolute Gasteiger partial charge is 0.356 e. The van der Waals surface area contributed by atoms with E-state index in [1.54, 1.807) is 24.5 Å². The third-order valence-corrected chi connectivity index (χ3v) is 6.04. The standard InChI is InChI=1S/C20H24N4O2/c1-23-11-5-16(14-23)18(25)22-17-2-6-20(17)7-12-24(13-8-20)19(26)15-3-9-21-10-4-15/h3-5,9-11,14,17H,2,6-8,12-13H2,1H3,(H,22,25). The lowest BCUT2D eigenvalue weighted by atomic mass is 9.59. The molecule has 1 N–H and O–H groups in total. The van der Waals surface area contributed by atoms with Crippen LogP contribution in [-0.4, -0.2) is 45.4 Å². The van der Waals surface area contributed by atoms with Gasteiger partial charge in [0.2, 0.25) is 0 Å². The summed E-state index contributed by atoms with van der Waals surface area (Å²) < 4.78 is 1.88. The van der Waals surface area contributed by atoms with Crippen molar-refractivity contribution in [2.24, 2.45) is 12.5 Å². The van der Waals surface area contributed by atoms with E-state index in [4.69, 9.17) is 0 Å². The molecule has 6 heteroatoms. The summed E-state index contributed by atoms with van der Waals surface area (Å²) in [6.45, 7) is 1.50. The Morgan fingerprint density at radius 1 is 1.12 bits per heavy atom. The lowest BCUT2D eigenvalue weighted by Crippen LogP contribution is -2.59. The summed E-state index contributed by atoms with van der Waals surface area (Å²) in [7, 11) is 1.91. The molecular formula is C20H24N4O2. The van der Waals surface area contributed by atoms with Gasteiger partial charge in [-0.1, -0.05) is 0 Å². The van der Waals surface area contributed by atoms with E-state index in [0.717, 1.165) is 38.8 Å². The minimum atomic E-state index is 0.00460. The van der Waals surface area contributed by atoms with Crippen LogP contribution < -0.4 is 5.32 Å². The third-order valence-electron chi connectivity index (χ3n) is 6.04. The number of pyridine rings is 1. The topological polar surface area (TPSA) is 67.2 Å². The van der Waals surface area contributed by atoms with Crippen molar-refractivity contribution in [3.05, 3.63) is 54.1 Å². The van der Waals surface area contributed by atoms with Gasteiger partial charge in [0.15, 0.2) is 0 Å². The van der Waals surface area contributed by atoms with Crippen LogP contribution in [-0.2, 0) is 7.05 Å². The lowest BCUT2D eigenvalue weighted by molar-refractivity contribution is -0.00231. The van der Waals surface area contributed by atoms with E-state index in [1.807, 2.05) is 35.0 Å². The highest BCUT2D eigenvalue weighted by molar-refractivity contribution is 5.95. The Balaban J connectivity index is 1.36. The Bertz CT molecular complexity index is 806. The molecule has 0 aromatic carbocycles. The van der Waals surface area contributed by atoms with E-state index < -0.39 is 0 Å². The molecule has 4 rings (SSSR count). The molecule has 26 heavy (non-hydrogen) atoms. The molecule has 3 heterocycles. The molecule has 1 aliphatic carbocycles. The molecule has 0 radical (unpaired) electrons. The Kier molecular flexibility index (Phi) is 4.26. The van der Waals surface area contributed by atoms with E-state index in [1.165, 1.54) is 0 Å². The molecule has 2 amide bonds. The SMILES string of the molecule is Cn1ccc(C(=O)NC2CCC23CCN(C(=O)c2ccncc2)CC3)c1. The fourth-order valence-electron chi connectivity index (χ4n) is 4.23. The van der Waals surface area contributed by atoms with Crippen LogP contribution in [0.3, 0.4) is 0 Å². The second-order valence-electron chi connectivity index (χ2n) is 7.52. The van der Waals surface area contributed by atoms with Crippen LogP contribution in [0.15, 0.2) is 43.0 Å². The first kappa shape index (κ1) is 16.8. The van der Waals surface area contributed by atoms with Gasteiger partial charge in [-0.25, -0.2) is 0 Å². The number of aromatic nitrogens is 2. The van der Waals surface area contributed by atoms with E-state index in [2.05, 4.69) is 10.3 Å². The molecule has 6 nitrogen and oxygen atoms in total. The second kappa shape index (κ2) is 6.59. The predicted octanol–water partition coefficient (Wildman–Crippen LogP) is 2.23. The maximum Gasteiger partial charge on any atom is 0.253 e. The summed E-state index contributed by atoms with van der Waals surface area (Å²) in [6.07, 6.45) is 11.1. The van der Waals surface area contributed by atoms with Crippen molar-refractivity contribution in [3.8, 4) is 0 Å². The maximum atomic E-state index is 12.6. The van der Waals surface area contributed by atoms with Gasteiger partial charge in [0.1, 0.15) is 0 Å². The molecule has 136 valence electrons. The summed E-state index contributed by atoms with van der Waals surface area (Å²) >= 11 is 0. The summed E-state index contributed by atoms with van der Waals surface area (Å²) in [5, 5.41) is 3.22. The number of carbonyl (C=O) groups is 2. The van der Waals surface area contributed by atoms with Gasteiger partial charge in [0.05, 0.1) is 5.56 Å². The lowest BCUT2D eigenvalue weighted by Gasteiger charge is -2.54. The highest BCUT2D eigenvalue weighted by Gasteiger charge is 2.49. The van der Waals surface area contributed by atoms with E-state index in [-0.39, 0.29) is 23.3 Å². The fourth-order valence-corrected chi connectivity index (χ4v) is 4.23. The normalized spacial score (nSPS) is 21.3. The van der Waals surface area contributed by atoms with Gasteiger partial charge in [-0.05, 0) is 49.3 Å². The Labute approximate surface area is 153 Å². The third kappa shape index (κ3) is 3.00. The van der Waals surface area contributed by atoms with Gasteiger partial charge >= 0.3 is 0 Å². The molecule has 2 aromatic rings. The minimum absolute atomic E-state index is 0.00460. The molecule has 1 atom stereocenters. The molecule has 2 aliphatic rings. The van der Waals surface area contributed by atoms with Crippen molar-refractivity contribution in [1.29, 1.82) is 0 Å². The number of piperidine rings is 1. The van der Waals surface area contributed by atoms with Gasteiger partial charge in [-0.15, -0.1) is 0 Å². The second-order valence-corrected chi connectivity index (χ2v) is 7.52. The number of nitrogens with one attached hydrogen (secondary N) is 1. The highest BCUT2D eigenvalue weighted by Crippen LogP contribution is 2.49. The van der Waals surface area contributed by atoms with E-state index in [9.17, 15) is 9.59 Å². The number of carbonyl (C=O) groups excluding carboxylic acids is 2. The zero-order chi connectivity index (χ0) is 18.1. The van der Waals surface area contributed by atoms with Crippen LogP contribution in [0.4, 0.5) is 0 Å². The zero-order valence-electron chi connectivity index (χ0n) is 15.0. The van der Waals surface area contributed by atoms with Crippen LogP contribution in [0.1, 0.15) is 46.4 Å². The van der Waals surface area contributed by atoms with Crippen molar-refractivity contribution in [2.75, 3.05) is 13.1 Å². The molecule has 1 saturated heterocycles. The minimum Gasteiger partial charge on any atom is -0.356 e. The summed E-state index contributed by atoms with van der Waals surface area (Å²) in [5.74, 6) is 0.0800. The fraction of sp³-hybridized carbons (Fsp3) is 0.450. The first-order valence-electron chi connectivity index (χ1n) is 9.20. The van der Waals surface area contributed by atoms with Gasteiger partial charge < -0.3 is 14.8 Å². The van der Waals surface area contributed by atoms with Crippen molar-refractivity contribution in [2.45, 2.75) is 31.7 Å². The molecule has 1 aliphatic heterocycles. The first-order valence-corrected chi connectivity index (χ1v) is 9.20. The number of amides is 2. The average molecular weight is 352 g/mol. The number of rotatable bonds is 3. The number of aryl methyl sites for hydroxylation is 1. The number of likely N-dealkylation sites (tertiary alicyclic amines) is 1. The zero-order valence-corrected chi connectivity index (χ0v) is 15.0. The predicted molar refractivity (Wildman–Crippen MR) is 97.7 cm³/mol. The molecule has 2 fully saturated rings. The van der Waals surface area contributed by atoms with Crippen LogP contribution in [0, 0.1) is 5.41 Å². The summed E-state index contributed by atoms with van der Waals surface area (Å²) in [5.41, 5.74) is 1.55. The van der Waals surface area contributed by atoms with E-state index in [0.29, 0.717) is 11.1 Å². The maximum absolute atomic E-state index is 12.6. The highest BCUT2D eigenvalue weighted by atomic mass is 16.2. The first-order chi connectivity index (χ1) is 12.6. The van der Waals surface area contributed by atoms with Crippen LogP contribution in [0.5, 0.6) is 0 Å². The molecule has 2 aromatic heterocycles. The monoisotopic (exact) mass is 352 g/mol. The van der Waals surface area contributed by atoms with Gasteiger partial charge in [-0.3, -0.25) is 14.6 Å².